The van der Waals surface area contributed by atoms with Crippen molar-refractivity contribution in [3.63, 3.8) is 0 Å². The fourth-order valence-electron chi connectivity index (χ4n) is 3.44. The summed E-state index contributed by atoms with van der Waals surface area (Å²) in [7, 11) is -1.42. The maximum atomic E-state index is 13.8. The van der Waals surface area contributed by atoms with Crippen molar-refractivity contribution in [3.05, 3.63) is 81.9 Å². The quantitative estimate of drug-likeness (QED) is 0.347. The van der Waals surface area contributed by atoms with Crippen molar-refractivity contribution in [1.82, 2.24) is 0 Å². The highest BCUT2D eigenvalue weighted by Gasteiger charge is 2.30. The smallest absolute Gasteiger partial charge is 0.274 e. The number of nitro groups is 1. The first kappa shape index (κ1) is 25.5. The SMILES string of the molecule is COc1ccc(N(CC(=O)Nc2cccc([N+](=O)[O-])c2C)S(=O)(=O)c2cc(C)ccc2OC)cc1. The highest BCUT2D eigenvalue weighted by molar-refractivity contribution is 7.93. The number of amides is 1. The van der Waals surface area contributed by atoms with E-state index in [2.05, 4.69) is 5.32 Å². The number of methoxy groups -OCH3 is 2. The summed E-state index contributed by atoms with van der Waals surface area (Å²) in [6.07, 6.45) is 0. The summed E-state index contributed by atoms with van der Waals surface area (Å²) >= 11 is 0. The number of nitrogens with one attached hydrogen (secondary N) is 1. The Morgan fingerprint density at radius 1 is 1.03 bits per heavy atom. The van der Waals surface area contributed by atoms with Crippen LogP contribution in [0.3, 0.4) is 0 Å². The van der Waals surface area contributed by atoms with Crippen LogP contribution in [0.2, 0.25) is 0 Å². The molecule has 184 valence electrons. The van der Waals surface area contributed by atoms with Gasteiger partial charge in [-0.3, -0.25) is 19.2 Å². The van der Waals surface area contributed by atoms with Crippen LogP contribution < -0.4 is 19.1 Å². The molecule has 3 rings (SSSR count). The molecule has 0 heterocycles. The monoisotopic (exact) mass is 499 g/mol. The minimum absolute atomic E-state index is 0.102. The van der Waals surface area contributed by atoms with Crippen LogP contribution in [-0.2, 0) is 14.8 Å². The third-order valence-corrected chi connectivity index (χ3v) is 7.11. The first-order chi connectivity index (χ1) is 16.6. The third kappa shape index (κ3) is 5.52. The highest BCUT2D eigenvalue weighted by atomic mass is 32.2. The van der Waals surface area contributed by atoms with Crippen molar-refractivity contribution < 1.29 is 27.6 Å². The predicted octanol–water partition coefficient (Wildman–Crippen LogP) is 4.06. The van der Waals surface area contributed by atoms with Gasteiger partial charge < -0.3 is 14.8 Å². The maximum absolute atomic E-state index is 13.8. The molecule has 0 saturated carbocycles. The molecule has 0 spiro atoms. The van der Waals surface area contributed by atoms with E-state index in [-0.39, 0.29) is 33.3 Å². The van der Waals surface area contributed by atoms with Gasteiger partial charge in [-0.2, -0.15) is 0 Å². The Morgan fingerprint density at radius 3 is 2.31 bits per heavy atom. The van der Waals surface area contributed by atoms with Gasteiger partial charge >= 0.3 is 0 Å². The van der Waals surface area contributed by atoms with Crippen LogP contribution in [0.1, 0.15) is 11.1 Å². The number of hydrogen-bond donors (Lipinski definition) is 1. The van der Waals surface area contributed by atoms with Crippen molar-refractivity contribution in [2.75, 3.05) is 30.4 Å². The van der Waals surface area contributed by atoms with E-state index in [1.54, 1.807) is 31.2 Å². The number of hydrogen-bond acceptors (Lipinski definition) is 7. The molecular weight excluding hydrogens is 474 g/mol. The Bertz CT molecular complexity index is 1360. The zero-order valence-corrected chi connectivity index (χ0v) is 20.5. The molecule has 11 heteroatoms. The number of aryl methyl sites for hydroxylation is 1. The van der Waals surface area contributed by atoms with E-state index in [1.807, 2.05) is 0 Å². The molecule has 0 saturated heterocycles. The minimum Gasteiger partial charge on any atom is -0.497 e. The molecule has 0 bridgehead atoms. The molecule has 0 aliphatic rings. The number of nitro benzene ring substituents is 1. The topological polar surface area (TPSA) is 128 Å². The Hall–Kier alpha value is -4.12. The van der Waals surface area contributed by atoms with Gasteiger partial charge in [0.15, 0.2) is 0 Å². The van der Waals surface area contributed by atoms with Gasteiger partial charge in [-0.15, -0.1) is 0 Å². The Labute approximate surface area is 203 Å². The van der Waals surface area contributed by atoms with Crippen LogP contribution in [0.25, 0.3) is 0 Å². The summed E-state index contributed by atoms with van der Waals surface area (Å²) in [6.45, 7) is 2.66. The first-order valence-corrected chi connectivity index (χ1v) is 11.9. The molecule has 35 heavy (non-hydrogen) atoms. The van der Waals surface area contributed by atoms with Crippen LogP contribution >= 0.6 is 0 Å². The third-order valence-electron chi connectivity index (χ3n) is 5.31. The predicted molar refractivity (Wildman–Crippen MR) is 132 cm³/mol. The summed E-state index contributed by atoms with van der Waals surface area (Å²) in [4.78, 5) is 23.6. The van der Waals surface area contributed by atoms with Crippen LogP contribution in [-0.4, -0.2) is 40.0 Å². The van der Waals surface area contributed by atoms with Gasteiger partial charge in [-0.05, 0) is 61.9 Å². The number of ether oxygens (including phenoxy) is 2. The summed E-state index contributed by atoms with van der Waals surface area (Å²) in [6, 6.07) is 15.2. The van der Waals surface area contributed by atoms with Gasteiger partial charge in [0.2, 0.25) is 5.91 Å². The maximum Gasteiger partial charge on any atom is 0.274 e. The van der Waals surface area contributed by atoms with Crippen LogP contribution in [0, 0.1) is 24.0 Å². The lowest BCUT2D eigenvalue weighted by molar-refractivity contribution is -0.385. The van der Waals surface area contributed by atoms with Crippen molar-refractivity contribution in [1.29, 1.82) is 0 Å². The van der Waals surface area contributed by atoms with Crippen LogP contribution in [0.4, 0.5) is 17.1 Å². The van der Waals surface area contributed by atoms with E-state index in [0.29, 0.717) is 11.3 Å². The number of carbonyl (C=O) groups is 1. The van der Waals surface area contributed by atoms with E-state index in [4.69, 9.17) is 9.47 Å². The van der Waals surface area contributed by atoms with Crippen molar-refractivity contribution in [2.45, 2.75) is 18.7 Å². The molecule has 0 aromatic heterocycles. The zero-order valence-electron chi connectivity index (χ0n) is 19.6. The molecule has 0 aliphatic heterocycles. The normalized spacial score (nSPS) is 11.0. The summed E-state index contributed by atoms with van der Waals surface area (Å²) in [5.41, 5.74) is 1.22. The highest BCUT2D eigenvalue weighted by Crippen LogP contribution is 2.32. The number of anilines is 2. The second-order valence-electron chi connectivity index (χ2n) is 7.62. The lowest BCUT2D eigenvalue weighted by Crippen LogP contribution is -2.38. The molecule has 0 atom stereocenters. The van der Waals surface area contributed by atoms with E-state index >= 15 is 0 Å². The molecule has 0 unspecified atom stereocenters. The zero-order chi connectivity index (χ0) is 25.8. The molecule has 0 radical (unpaired) electrons. The Kier molecular flexibility index (Phi) is 7.60. The number of carbonyl (C=O) groups excluding carboxylic acids is 1. The minimum atomic E-state index is -4.26. The van der Waals surface area contributed by atoms with E-state index < -0.39 is 27.4 Å². The molecule has 1 amide bonds. The van der Waals surface area contributed by atoms with Crippen molar-refractivity contribution >= 4 is 33.0 Å². The van der Waals surface area contributed by atoms with E-state index in [0.717, 1.165) is 4.31 Å². The fraction of sp³-hybridized carbons (Fsp3) is 0.208. The first-order valence-electron chi connectivity index (χ1n) is 10.4. The lowest BCUT2D eigenvalue weighted by atomic mass is 10.1. The summed E-state index contributed by atoms with van der Waals surface area (Å²) < 4.78 is 38.9. The fourth-order valence-corrected chi connectivity index (χ4v) is 5.11. The van der Waals surface area contributed by atoms with Crippen LogP contribution in [0.5, 0.6) is 11.5 Å². The van der Waals surface area contributed by atoms with E-state index in [1.165, 1.54) is 57.5 Å². The second kappa shape index (κ2) is 10.4. The van der Waals surface area contributed by atoms with Crippen molar-refractivity contribution in [2.24, 2.45) is 0 Å². The van der Waals surface area contributed by atoms with Gasteiger partial charge in [-0.1, -0.05) is 12.1 Å². The Morgan fingerprint density at radius 2 is 1.71 bits per heavy atom. The molecule has 0 aliphatic carbocycles. The molecule has 3 aromatic rings. The van der Waals surface area contributed by atoms with Gasteiger partial charge in [0.25, 0.3) is 15.7 Å². The molecule has 10 nitrogen and oxygen atoms in total. The summed E-state index contributed by atoms with van der Waals surface area (Å²) in [5, 5.41) is 13.8. The van der Waals surface area contributed by atoms with Gasteiger partial charge in [0.05, 0.1) is 36.1 Å². The van der Waals surface area contributed by atoms with Gasteiger partial charge in [0, 0.05) is 6.07 Å². The average molecular weight is 500 g/mol. The molecule has 3 aromatic carbocycles. The molecular formula is C24H25N3O7S. The Balaban J connectivity index is 2.03. The summed E-state index contributed by atoms with van der Waals surface area (Å²) in [5.74, 6) is -0.0421. The van der Waals surface area contributed by atoms with E-state index in [9.17, 15) is 23.3 Å². The largest absolute Gasteiger partial charge is 0.497 e. The van der Waals surface area contributed by atoms with Crippen LogP contribution in [0.15, 0.2) is 65.6 Å². The van der Waals surface area contributed by atoms with Gasteiger partial charge in [-0.25, -0.2) is 8.42 Å². The lowest BCUT2D eigenvalue weighted by Gasteiger charge is -2.25. The van der Waals surface area contributed by atoms with Crippen molar-refractivity contribution in [3.8, 4) is 11.5 Å². The second-order valence-corrected chi connectivity index (χ2v) is 9.45. The molecule has 1 N–H and O–H groups in total. The van der Waals surface area contributed by atoms with Gasteiger partial charge in [0.1, 0.15) is 22.9 Å². The number of nitrogens with zero attached hydrogens (tertiary/aromatic N) is 2. The number of rotatable bonds is 9. The molecule has 0 fully saturated rings. The number of benzene rings is 3. The number of sulfonamides is 1. The standard InChI is InChI=1S/C24H25N3O7S/c1-16-8-13-22(34-4)23(14-16)35(31,32)26(18-9-11-19(33-3)12-10-18)15-24(28)25-20-6-5-7-21(17(20)2)27(29)30/h5-14H,15H2,1-4H3,(H,25,28). The average Bonchev–Trinajstić information content (AvgIpc) is 2.83.